The third kappa shape index (κ3) is 7.58. The lowest BCUT2D eigenvalue weighted by Crippen LogP contribution is -2.33. The zero-order valence-electron chi connectivity index (χ0n) is 9.73. The van der Waals surface area contributed by atoms with Crippen molar-refractivity contribution < 1.29 is 23.9 Å². The predicted octanol–water partition coefficient (Wildman–Crippen LogP) is -0.507. The van der Waals surface area contributed by atoms with Gasteiger partial charge in [-0.1, -0.05) is 0 Å². The molecule has 0 aliphatic carbocycles. The van der Waals surface area contributed by atoms with Crippen LogP contribution in [-0.2, 0) is 19.1 Å². The van der Waals surface area contributed by atoms with Crippen LogP contribution < -0.4 is 11.1 Å². The number of ether oxygens (including phenoxy) is 2. The molecule has 0 aliphatic heterocycles. The monoisotopic (exact) mass is 264 g/mol. The van der Waals surface area contributed by atoms with Gasteiger partial charge in [0.15, 0.2) is 0 Å². The number of hydrogen-bond acceptors (Lipinski definition) is 7. The maximum atomic E-state index is 11.1. The molecule has 8 heteroatoms. The van der Waals surface area contributed by atoms with Crippen LogP contribution in [0.25, 0.3) is 0 Å². The molecular weight excluding hydrogens is 248 g/mol. The highest BCUT2D eigenvalue weighted by atomic mass is 32.2. The molecule has 0 radical (unpaired) electrons. The van der Waals surface area contributed by atoms with Crippen LogP contribution in [0.2, 0.25) is 0 Å². The van der Waals surface area contributed by atoms with Gasteiger partial charge in [-0.25, -0.2) is 4.79 Å². The number of methoxy groups -OCH3 is 2. The van der Waals surface area contributed by atoms with Crippen LogP contribution in [0.3, 0.4) is 0 Å². The van der Waals surface area contributed by atoms with E-state index >= 15 is 0 Å². The Kier molecular flexibility index (Phi) is 8.16. The maximum Gasteiger partial charge on any atom is 0.413 e. The SMILES string of the molecule is COC(=O)NC(=O)CSCCC(N)C(=O)OC. The van der Waals surface area contributed by atoms with E-state index in [9.17, 15) is 14.4 Å². The first-order chi connectivity index (χ1) is 8.01. The summed E-state index contributed by atoms with van der Waals surface area (Å²) in [6.07, 6.45) is -0.384. The molecule has 0 aromatic heterocycles. The standard InChI is InChI=1S/C9H16N2O5S/c1-15-8(13)6(10)3-4-17-5-7(12)11-9(14)16-2/h6H,3-5,10H2,1-2H3,(H,11,12,14). The quantitative estimate of drug-likeness (QED) is 0.491. The Morgan fingerprint density at radius 3 is 2.47 bits per heavy atom. The lowest BCUT2D eigenvalue weighted by atomic mass is 10.2. The van der Waals surface area contributed by atoms with E-state index in [0.717, 1.165) is 0 Å². The Morgan fingerprint density at radius 1 is 1.29 bits per heavy atom. The van der Waals surface area contributed by atoms with Crippen molar-refractivity contribution in [3.05, 3.63) is 0 Å². The first kappa shape index (κ1) is 15.7. The molecule has 3 N–H and O–H groups in total. The highest BCUT2D eigenvalue weighted by Crippen LogP contribution is 2.04. The average Bonchev–Trinajstić information content (AvgIpc) is 2.32. The van der Waals surface area contributed by atoms with Crippen molar-refractivity contribution in [1.29, 1.82) is 0 Å². The highest BCUT2D eigenvalue weighted by Gasteiger charge is 2.13. The van der Waals surface area contributed by atoms with Gasteiger partial charge in [-0.2, -0.15) is 11.8 Å². The van der Waals surface area contributed by atoms with Gasteiger partial charge in [0.25, 0.3) is 0 Å². The number of amides is 2. The van der Waals surface area contributed by atoms with Crippen molar-refractivity contribution in [3.63, 3.8) is 0 Å². The van der Waals surface area contributed by atoms with Crippen LogP contribution in [0.15, 0.2) is 0 Å². The second-order valence-corrected chi connectivity index (χ2v) is 4.12. The minimum Gasteiger partial charge on any atom is -0.468 e. The number of carbonyl (C=O) groups is 3. The molecule has 1 atom stereocenters. The van der Waals surface area contributed by atoms with E-state index in [1.807, 2.05) is 5.32 Å². The van der Waals surface area contributed by atoms with Gasteiger partial charge in [0.2, 0.25) is 5.91 Å². The molecule has 7 nitrogen and oxygen atoms in total. The number of imide groups is 1. The minimum absolute atomic E-state index is 0.100. The summed E-state index contributed by atoms with van der Waals surface area (Å²) in [6, 6.07) is -0.684. The minimum atomic E-state index is -0.790. The molecule has 0 aromatic rings. The molecule has 1 unspecified atom stereocenters. The highest BCUT2D eigenvalue weighted by molar-refractivity contribution is 7.99. The summed E-state index contributed by atoms with van der Waals surface area (Å²) in [6.45, 7) is 0. The van der Waals surface area contributed by atoms with E-state index in [1.54, 1.807) is 0 Å². The van der Waals surface area contributed by atoms with Crippen LogP contribution >= 0.6 is 11.8 Å². The molecule has 0 saturated heterocycles. The van der Waals surface area contributed by atoms with Gasteiger partial charge in [-0.3, -0.25) is 14.9 Å². The van der Waals surface area contributed by atoms with E-state index in [4.69, 9.17) is 5.73 Å². The number of esters is 1. The maximum absolute atomic E-state index is 11.1. The summed E-state index contributed by atoms with van der Waals surface area (Å²) in [7, 11) is 2.43. The van der Waals surface area contributed by atoms with E-state index in [2.05, 4.69) is 9.47 Å². The zero-order valence-corrected chi connectivity index (χ0v) is 10.5. The second-order valence-electron chi connectivity index (χ2n) is 3.01. The average molecular weight is 264 g/mol. The lowest BCUT2D eigenvalue weighted by Gasteiger charge is -2.08. The number of thioether (sulfide) groups is 1. The van der Waals surface area contributed by atoms with Crippen LogP contribution in [0, 0.1) is 0 Å². The molecule has 98 valence electrons. The van der Waals surface area contributed by atoms with Gasteiger partial charge in [-0.05, 0) is 12.2 Å². The molecule has 0 aromatic carbocycles. The summed E-state index contributed by atoms with van der Waals surface area (Å²) in [5.41, 5.74) is 5.48. The van der Waals surface area contributed by atoms with E-state index in [1.165, 1.54) is 26.0 Å². The summed E-state index contributed by atoms with van der Waals surface area (Å²) in [5, 5.41) is 2.01. The van der Waals surface area contributed by atoms with Gasteiger partial charge in [0.05, 0.1) is 20.0 Å². The number of nitrogens with one attached hydrogen (secondary N) is 1. The molecular formula is C9H16N2O5S. The summed E-state index contributed by atoms with van der Waals surface area (Å²) >= 11 is 1.26. The van der Waals surface area contributed by atoms with Crippen LogP contribution in [0.1, 0.15) is 6.42 Å². The molecule has 2 amide bonds. The van der Waals surface area contributed by atoms with Crippen molar-refractivity contribution >= 4 is 29.7 Å². The Balaban J connectivity index is 3.61. The molecule has 0 rings (SSSR count). The number of alkyl carbamates (subject to hydrolysis) is 1. The first-order valence-corrected chi connectivity index (χ1v) is 5.95. The molecule has 0 bridgehead atoms. The molecule has 0 fully saturated rings. The Labute approximate surface area is 103 Å². The number of hydrogen-bond donors (Lipinski definition) is 2. The van der Waals surface area contributed by atoms with Gasteiger partial charge >= 0.3 is 12.1 Å². The topological polar surface area (TPSA) is 108 Å². The summed E-state index contributed by atoms with van der Waals surface area (Å²) in [4.78, 5) is 32.7. The van der Waals surface area contributed by atoms with E-state index in [-0.39, 0.29) is 5.75 Å². The Morgan fingerprint density at radius 2 is 1.94 bits per heavy atom. The molecule has 0 saturated carbocycles. The smallest absolute Gasteiger partial charge is 0.413 e. The second kappa shape index (κ2) is 8.82. The van der Waals surface area contributed by atoms with Crippen LogP contribution in [-0.4, -0.2) is 49.7 Å². The predicted molar refractivity (Wildman–Crippen MR) is 62.5 cm³/mol. The van der Waals surface area contributed by atoms with Crippen molar-refractivity contribution in [1.82, 2.24) is 5.32 Å². The summed E-state index contributed by atoms with van der Waals surface area (Å²) in [5.74, 6) is -0.313. The zero-order chi connectivity index (χ0) is 13.3. The van der Waals surface area contributed by atoms with Gasteiger partial charge < -0.3 is 15.2 Å². The van der Waals surface area contributed by atoms with Gasteiger partial charge in [-0.15, -0.1) is 0 Å². The molecule has 17 heavy (non-hydrogen) atoms. The van der Waals surface area contributed by atoms with Gasteiger partial charge in [0.1, 0.15) is 6.04 Å². The Hall–Kier alpha value is -1.28. The molecule has 0 aliphatic rings. The van der Waals surface area contributed by atoms with Crippen molar-refractivity contribution in [2.24, 2.45) is 5.73 Å². The molecule has 0 heterocycles. The normalized spacial score (nSPS) is 11.5. The summed E-state index contributed by atoms with van der Waals surface area (Å²) < 4.78 is 8.69. The Bertz CT molecular complexity index is 285. The third-order valence-corrected chi connectivity index (χ3v) is 2.73. The van der Waals surface area contributed by atoms with Crippen molar-refractivity contribution in [2.75, 3.05) is 25.7 Å². The number of nitrogens with two attached hydrogens (primary N) is 1. The fourth-order valence-corrected chi connectivity index (χ4v) is 1.67. The van der Waals surface area contributed by atoms with Crippen molar-refractivity contribution in [3.8, 4) is 0 Å². The largest absolute Gasteiger partial charge is 0.468 e. The fourth-order valence-electron chi connectivity index (χ4n) is 0.845. The lowest BCUT2D eigenvalue weighted by molar-refractivity contribution is -0.142. The first-order valence-electron chi connectivity index (χ1n) is 4.80. The number of rotatable bonds is 6. The fraction of sp³-hybridized carbons (Fsp3) is 0.667. The van der Waals surface area contributed by atoms with E-state index in [0.29, 0.717) is 12.2 Å². The van der Waals surface area contributed by atoms with Gasteiger partial charge in [0, 0.05) is 0 Å². The van der Waals surface area contributed by atoms with Crippen molar-refractivity contribution in [2.45, 2.75) is 12.5 Å². The van der Waals surface area contributed by atoms with Crippen LogP contribution in [0.5, 0.6) is 0 Å². The number of carbonyl (C=O) groups excluding carboxylic acids is 3. The third-order valence-electron chi connectivity index (χ3n) is 1.74. The van der Waals surface area contributed by atoms with Crippen LogP contribution in [0.4, 0.5) is 4.79 Å². The van der Waals surface area contributed by atoms with E-state index < -0.39 is 24.0 Å². The molecule has 0 spiro atoms.